The number of nitrogens with two attached hydrogens (primary N) is 1. The van der Waals surface area contributed by atoms with E-state index in [1.165, 1.54) is 0 Å². The first-order valence-electron chi connectivity index (χ1n) is 6.33. The van der Waals surface area contributed by atoms with Crippen LogP contribution < -0.4 is 10.5 Å². The predicted molar refractivity (Wildman–Crippen MR) is 79.1 cm³/mol. The molecule has 21 heavy (non-hydrogen) atoms. The summed E-state index contributed by atoms with van der Waals surface area (Å²) in [6.07, 6.45) is 0. The maximum absolute atomic E-state index is 12.1. The van der Waals surface area contributed by atoms with Crippen LogP contribution >= 0.6 is 0 Å². The number of sulfonamides is 1. The summed E-state index contributed by atoms with van der Waals surface area (Å²) >= 11 is 0. The van der Waals surface area contributed by atoms with E-state index in [2.05, 4.69) is 4.72 Å². The Morgan fingerprint density at radius 3 is 2.57 bits per heavy atom. The fourth-order valence-corrected chi connectivity index (χ4v) is 2.89. The summed E-state index contributed by atoms with van der Waals surface area (Å²) in [4.78, 5) is 10.7. The molecule has 6 nitrogen and oxygen atoms in total. The number of fused-ring (bicyclic) bond motifs is 1. The average molecular weight is 308 g/mol. The molecule has 0 spiro atoms. The first-order valence-corrected chi connectivity index (χ1v) is 7.82. The number of carbonyl (C=O) groups is 1. The van der Waals surface area contributed by atoms with Crippen LogP contribution in [-0.4, -0.2) is 34.1 Å². The Morgan fingerprint density at radius 2 is 1.86 bits per heavy atom. The van der Waals surface area contributed by atoms with E-state index in [1.54, 1.807) is 18.2 Å². The number of benzene rings is 2. The van der Waals surface area contributed by atoms with E-state index in [4.69, 9.17) is 10.5 Å². The molecular formula is C14H16N2O4S. The van der Waals surface area contributed by atoms with Gasteiger partial charge in [0.2, 0.25) is 15.9 Å². The van der Waals surface area contributed by atoms with E-state index in [1.807, 2.05) is 24.3 Å². The lowest BCUT2D eigenvalue weighted by atomic mass is 10.1. The van der Waals surface area contributed by atoms with Crippen molar-refractivity contribution in [1.82, 2.24) is 4.72 Å². The molecular weight excluding hydrogens is 292 g/mol. The molecule has 0 unspecified atom stereocenters. The van der Waals surface area contributed by atoms with E-state index < -0.39 is 15.9 Å². The molecule has 0 aliphatic heterocycles. The topological polar surface area (TPSA) is 98.5 Å². The number of amides is 1. The quantitative estimate of drug-likeness (QED) is 0.733. The van der Waals surface area contributed by atoms with Gasteiger partial charge in [-0.05, 0) is 22.9 Å². The molecule has 0 fully saturated rings. The second-order valence-electron chi connectivity index (χ2n) is 4.43. The molecule has 0 aromatic heterocycles. The van der Waals surface area contributed by atoms with Crippen molar-refractivity contribution in [3.63, 3.8) is 0 Å². The average Bonchev–Trinajstić information content (AvgIpc) is 2.46. The Morgan fingerprint density at radius 1 is 1.14 bits per heavy atom. The molecule has 0 heterocycles. The summed E-state index contributed by atoms with van der Waals surface area (Å²) < 4.78 is 31.5. The van der Waals surface area contributed by atoms with Gasteiger partial charge < -0.3 is 10.5 Å². The van der Waals surface area contributed by atoms with Crippen molar-refractivity contribution in [2.24, 2.45) is 5.73 Å². The number of hydrogen-bond acceptors (Lipinski definition) is 4. The van der Waals surface area contributed by atoms with Crippen LogP contribution in [0.3, 0.4) is 0 Å². The zero-order valence-electron chi connectivity index (χ0n) is 11.3. The summed E-state index contributed by atoms with van der Waals surface area (Å²) in [5.74, 6) is -0.590. The van der Waals surface area contributed by atoms with Gasteiger partial charge in [-0.1, -0.05) is 30.3 Å². The molecule has 0 bridgehead atoms. The summed E-state index contributed by atoms with van der Waals surface area (Å²) in [7, 11) is -3.60. The van der Waals surface area contributed by atoms with Crippen LogP contribution in [0.15, 0.2) is 47.4 Å². The van der Waals surface area contributed by atoms with Gasteiger partial charge in [-0.2, -0.15) is 0 Å². The smallest absolute Gasteiger partial charge is 0.243 e. The summed E-state index contributed by atoms with van der Waals surface area (Å²) in [5.41, 5.74) is 4.90. The van der Waals surface area contributed by atoms with Gasteiger partial charge in [0.1, 0.15) is 6.61 Å². The number of hydrogen-bond donors (Lipinski definition) is 2. The highest BCUT2D eigenvalue weighted by molar-refractivity contribution is 7.89. The standard InChI is InChI=1S/C14H16N2O4S/c15-14(17)10-20-8-7-16-21(18,19)13-6-5-11-3-1-2-4-12(11)9-13/h1-6,9,16H,7-8,10H2,(H2,15,17). The largest absolute Gasteiger partial charge is 0.370 e. The SMILES string of the molecule is NC(=O)COCCNS(=O)(=O)c1ccc2ccccc2c1. The number of rotatable bonds is 7. The number of carbonyl (C=O) groups excluding carboxylic acids is 1. The monoisotopic (exact) mass is 308 g/mol. The van der Waals surface area contributed by atoms with Crippen molar-refractivity contribution in [3.8, 4) is 0 Å². The molecule has 1 amide bonds. The lowest BCUT2D eigenvalue weighted by molar-refractivity contribution is -0.122. The van der Waals surface area contributed by atoms with Crippen LogP contribution in [-0.2, 0) is 19.6 Å². The number of nitrogens with one attached hydrogen (secondary N) is 1. The van der Waals surface area contributed by atoms with Crippen molar-refractivity contribution in [2.75, 3.05) is 19.8 Å². The van der Waals surface area contributed by atoms with Crippen molar-refractivity contribution < 1.29 is 17.9 Å². The molecule has 2 aromatic carbocycles. The summed E-state index contributed by atoms with van der Waals surface area (Å²) in [6.45, 7) is -0.0735. The van der Waals surface area contributed by atoms with Crippen molar-refractivity contribution >= 4 is 26.7 Å². The Kier molecular flexibility index (Phi) is 4.89. The maximum Gasteiger partial charge on any atom is 0.243 e. The third kappa shape index (κ3) is 4.25. The minimum Gasteiger partial charge on any atom is -0.370 e. The summed E-state index contributed by atoms with van der Waals surface area (Å²) in [5, 5.41) is 1.83. The minimum atomic E-state index is -3.60. The predicted octanol–water partition coefficient (Wildman–Crippen LogP) is 0.620. The Labute approximate surface area is 122 Å². The number of primary amides is 1. The van der Waals surface area contributed by atoms with E-state index in [0.29, 0.717) is 0 Å². The number of ether oxygens (including phenoxy) is 1. The normalized spacial score (nSPS) is 11.6. The first kappa shape index (κ1) is 15.4. The molecule has 0 atom stereocenters. The van der Waals surface area contributed by atoms with E-state index in [-0.39, 0.29) is 24.7 Å². The van der Waals surface area contributed by atoms with Gasteiger partial charge in [-0.25, -0.2) is 13.1 Å². The minimum absolute atomic E-state index is 0.0719. The summed E-state index contributed by atoms with van der Waals surface area (Å²) in [6, 6.07) is 12.4. The van der Waals surface area contributed by atoms with Crippen LogP contribution in [0.2, 0.25) is 0 Å². The van der Waals surface area contributed by atoms with Gasteiger partial charge in [0.05, 0.1) is 11.5 Å². The molecule has 112 valence electrons. The van der Waals surface area contributed by atoms with Gasteiger partial charge in [-0.15, -0.1) is 0 Å². The van der Waals surface area contributed by atoms with Crippen LogP contribution in [0.4, 0.5) is 0 Å². The van der Waals surface area contributed by atoms with Crippen LogP contribution in [0.5, 0.6) is 0 Å². The van der Waals surface area contributed by atoms with E-state index in [9.17, 15) is 13.2 Å². The van der Waals surface area contributed by atoms with Crippen LogP contribution in [0.25, 0.3) is 10.8 Å². The zero-order valence-corrected chi connectivity index (χ0v) is 12.1. The third-order valence-corrected chi connectivity index (χ3v) is 4.27. The highest BCUT2D eigenvalue weighted by Gasteiger charge is 2.13. The van der Waals surface area contributed by atoms with Crippen LogP contribution in [0.1, 0.15) is 0 Å². The van der Waals surface area contributed by atoms with Gasteiger partial charge in [0, 0.05) is 6.54 Å². The van der Waals surface area contributed by atoms with Crippen molar-refractivity contribution in [3.05, 3.63) is 42.5 Å². The van der Waals surface area contributed by atoms with Crippen molar-refractivity contribution in [2.45, 2.75) is 4.90 Å². The molecule has 7 heteroatoms. The second kappa shape index (κ2) is 6.66. The van der Waals surface area contributed by atoms with E-state index >= 15 is 0 Å². The second-order valence-corrected chi connectivity index (χ2v) is 6.19. The highest BCUT2D eigenvalue weighted by Crippen LogP contribution is 2.18. The van der Waals surface area contributed by atoms with E-state index in [0.717, 1.165) is 10.8 Å². The molecule has 3 N–H and O–H groups in total. The van der Waals surface area contributed by atoms with Gasteiger partial charge in [-0.3, -0.25) is 4.79 Å². The highest BCUT2D eigenvalue weighted by atomic mass is 32.2. The van der Waals surface area contributed by atoms with Gasteiger partial charge in [0.15, 0.2) is 0 Å². The molecule has 2 rings (SSSR count). The molecule has 2 aromatic rings. The molecule has 0 aliphatic rings. The molecule has 0 saturated carbocycles. The Balaban J connectivity index is 2.02. The maximum atomic E-state index is 12.1. The first-order chi connectivity index (χ1) is 9.99. The molecule has 0 radical (unpaired) electrons. The van der Waals surface area contributed by atoms with Crippen LogP contribution in [0, 0.1) is 0 Å². The molecule has 0 saturated heterocycles. The lowest BCUT2D eigenvalue weighted by Crippen LogP contribution is -2.29. The molecule has 0 aliphatic carbocycles. The fraction of sp³-hybridized carbons (Fsp3) is 0.214. The Bertz CT molecular complexity index is 743. The lowest BCUT2D eigenvalue weighted by Gasteiger charge is -2.08. The zero-order chi connectivity index (χ0) is 15.3. The van der Waals surface area contributed by atoms with Gasteiger partial charge in [0.25, 0.3) is 0 Å². The Hall–Kier alpha value is -1.96. The fourth-order valence-electron chi connectivity index (χ4n) is 1.84. The van der Waals surface area contributed by atoms with Crippen molar-refractivity contribution in [1.29, 1.82) is 0 Å². The van der Waals surface area contributed by atoms with Gasteiger partial charge >= 0.3 is 0 Å². The third-order valence-electron chi connectivity index (χ3n) is 2.81.